The minimum atomic E-state index is -4.53. The van der Waals surface area contributed by atoms with Crippen molar-refractivity contribution >= 4 is 17.5 Å². The summed E-state index contributed by atoms with van der Waals surface area (Å²) >= 11 is 0. The normalized spacial score (nSPS) is 25.5. The van der Waals surface area contributed by atoms with Gasteiger partial charge in [0.15, 0.2) is 0 Å². The molecule has 1 aliphatic carbocycles. The predicted molar refractivity (Wildman–Crippen MR) is 115 cm³/mol. The molecular formula is C23H27F3N4O2. The van der Waals surface area contributed by atoms with Crippen molar-refractivity contribution in [1.29, 1.82) is 0 Å². The molecule has 172 valence electrons. The Bertz CT molecular complexity index is 973. The Balaban J connectivity index is 1.46. The highest BCUT2D eigenvalue weighted by Gasteiger charge is 2.51. The number of carbonyl (C=O) groups excluding carboxylic acids is 1. The van der Waals surface area contributed by atoms with E-state index in [1.54, 1.807) is 0 Å². The van der Waals surface area contributed by atoms with Gasteiger partial charge in [-0.15, -0.1) is 0 Å². The zero-order valence-corrected chi connectivity index (χ0v) is 18.0. The number of pyridine rings is 1. The van der Waals surface area contributed by atoms with Crippen molar-refractivity contribution in [2.24, 2.45) is 0 Å². The molecule has 6 nitrogen and oxygen atoms in total. The molecule has 1 saturated carbocycles. The number of halogens is 3. The van der Waals surface area contributed by atoms with E-state index in [2.05, 4.69) is 10.3 Å². The van der Waals surface area contributed by atoms with E-state index >= 15 is 0 Å². The summed E-state index contributed by atoms with van der Waals surface area (Å²) in [5.74, 6) is 0. The summed E-state index contributed by atoms with van der Waals surface area (Å²) in [4.78, 5) is 18.0. The van der Waals surface area contributed by atoms with E-state index in [9.17, 15) is 18.0 Å². The first-order valence-corrected chi connectivity index (χ1v) is 10.7. The minimum absolute atomic E-state index is 0.00643. The van der Waals surface area contributed by atoms with Gasteiger partial charge in [0.25, 0.3) is 0 Å². The van der Waals surface area contributed by atoms with Crippen LogP contribution in [0, 0.1) is 0 Å². The van der Waals surface area contributed by atoms with Crippen LogP contribution in [0.25, 0.3) is 0 Å². The Morgan fingerprint density at radius 1 is 1.16 bits per heavy atom. The fourth-order valence-electron chi connectivity index (χ4n) is 4.80. The molecule has 1 amide bonds. The highest BCUT2D eigenvalue weighted by molar-refractivity contribution is 5.72. The van der Waals surface area contributed by atoms with Gasteiger partial charge in [-0.05, 0) is 51.2 Å². The van der Waals surface area contributed by atoms with Crippen LogP contribution < -0.4 is 11.1 Å². The summed E-state index contributed by atoms with van der Waals surface area (Å²) in [5.41, 5.74) is 5.64. The van der Waals surface area contributed by atoms with E-state index in [-0.39, 0.29) is 35.6 Å². The molecule has 1 aromatic heterocycles. The van der Waals surface area contributed by atoms with E-state index < -0.39 is 17.5 Å². The third-order valence-electron chi connectivity index (χ3n) is 6.29. The van der Waals surface area contributed by atoms with Crippen LogP contribution in [0.4, 0.5) is 29.3 Å². The standard InChI is InChI=1S/C23H27F3N4O2/c1-22(2)20(14-6-4-3-5-7-14)30(21(31)32-22)16-10-8-15(9-11-16)29-18-12-19(23(24,25)26)28-13-17(18)27/h3-7,12-13,15-16,20H,8-11,27H2,1-2H3,(H,28,29)/t15-,16-,20-/m0/s1. The molecular weight excluding hydrogens is 421 g/mol. The number of hydrogen-bond acceptors (Lipinski definition) is 5. The first-order chi connectivity index (χ1) is 15.1. The SMILES string of the molecule is CC1(C)OC(=O)N([C@H]2CC[C@H](Nc3cc(C(F)(F)F)ncc3N)CC2)[C@H]1c1ccccc1. The second kappa shape index (κ2) is 8.18. The fourth-order valence-corrected chi connectivity index (χ4v) is 4.80. The van der Waals surface area contributed by atoms with Crippen LogP contribution in [-0.4, -0.2) is 33.7 Å². The van der Waals surface area contributed by atoms with Crippen molar-refractivity contribution < 1.29 is 22.7 Å². The van der Waals surface area contributed by atoms with Crippen LogP contribution in [0.2, 0.25) is 0 Å². The van der Waals surface area contributed by atoms with E-state index in [0.29, 0.717) is 25.7 Å². The number of cyclic esters (lactones) is 1. The minimum Gasteiger partial charge on any atom is -0.441 e. The first-order valence-electron chi connectivity index (χ1n) is 10.7. The third-order valence-corrected chi connectivity index (χ3v) is 6.29. The monoisotopic (exact) mass is 448 g/mol. The fraction of sp³-hybridized carbons (Fsp3) is 0.478. The Hall–Kier alpha value is -2.97. The molecule has 2 aliphatic rings. The van der Waals surface area contributed by atoms with Crippen LogP contribution in [0.1, 0.15) is 56.8 Å². The molecule has 1 saturated heterocycles. The van der Waals surface area contributed by atoms with Crippen molar-refractivity contribution in [1.82, 2.24) is 9.88 Å². The largest absolute Gasteiger partial charge is 0.441 e. The van der Waals surface area contributed by atoms with Gasteiger partial charge in [0, 0.05) is 12.1 Å². The molecule has 1 aromatic carbocycles. The maximum absolute atomic E-state index is 13.0. The Labute approximate surface area is 184 Å². The van der Waals surface area contributed by atoms with Gasteiger partial charge < -0.3 is 15.8 Å². The highest BCUT2D eigenvalue weighted by atomic mass is 19.4. The average molecular weight is 448 g/mol. The number of benzene rings is 1. The van der Waals surface area contributed by atoms with Crippen LogP contribution >= 0.6 is 0 Å². The number of aromatic nitrogens is 1. The highest BCUT2D eigenvalue weighted by Crippen LogP contribution is 2.44. The van der Waals surface area contributed by atoms with Crippen LogP contribution in [-0.2, 0) is 10.9 Å². The molecule has 0 unspecified atom stereocenters. The lowest BCUT2D eigenvalue weighted by Crippen LogP contribution is -2.44. The number of carbonyl (C=O) groups is 1. The topological polar surface area (TPSA) is 80.5 Å². The molecule has 4 rings (SSSR count). The van der Waals surface area contributed by atoms with E-state index in [1.165, 1.54) is 0 Å². The number of nitrogens with two attached hydrogens (primary N) is 1. The van der Waals surface area contributed by atoms with E-state index in [1.807, 2.05) is 49.1 Å². The number of nitrogens with zero attached hydrogens (tertiary/aromatic N) is 2. The van der Waals surface area contributed by atoms with Gasteiger partial charge in [-0.2, -0.15) is 13.2 Å². The van der Waals surface area contributed by atoms with Gasteiger partial charge in [0.1, 0.15) is 11.3 Å². The number of ether oxygens (including phenoxy) is 1. The van der Waals surface area contributed by atoms with Crippen LogP contribution in [0.3, 0.4) is 0 Å². The Kier molecular flexibility index (Phi) is 5.68. The number of nitrogens with one attached hydrogen (secondary N) is 1. The van der Waals surface area contributed by atoms with Crippen molar-refractivity contribution in [3.8, 4) is 0 Å². The predicted octanol–water partition coefficient (Wildman–Crippen LogP) is 5.38. The number of alkyl halides is 3. The number of nitrogen functional groups attached to an aromatic ring is 1. The van der Waals surface area contributed by atoms with Gasteiger partial charge in [-0.3, -0.25) is 4.90 Å². The molecule has 1 aliphatic heterocycles. The lowest BCUT2D eigenvalue weighted by Gasteiger charge is -2.38. The third kappa shape index (κ3) is 4.33. The summed E-state index contributed by atoms with van der Waals surface area (Å²) in [6.45, 7) is 3.83. The Morgan fingerprint density at radius 2 is 1.81 bits per heavy atom. The maximum atomic E-state index is 13.0. The number of amides is 1. The molecule has 32 heavy (non-hydrogen) atoms. The van der Waals surface area contributed by atoms with Gasteiger partial charge in [0.2, 0.25) is 0 Å². The Morgan fingerprint density at radius 3 is 2.44 bits per heavy atom. The molecule has 0 bridgehead atoms. The first kappa shape index (κ1) is 22.2. The summed E-state index contributed by atoms with van der Waals surface area (Å²) < 4.78 is 44.7. The van der Waals surface area contributed by atoms with E-state index in [4.69, 9.17) is 10.5 Å². The molecule has 2 aromatic rings. The molecule has 0 spiro atoms. The molecule has 2 heterocycles. The second-order valence-electron chi connectivity index (χ2n) is 9.00. The van der Waals surface area contributed by atoms with Crippen molar-refractivity contribution in [2.75, 3.05) is 11.1 Å². The zero-order chi connectivity index (χ0) is 23.1. The van der Waals surface area contributed by atoms with Crippen LogP contribution in [0.15, 0.2) is 42.6 Å². The average Bonchev–Trinajstić information content (AvgIpc) is 2.98. The molecule has 3 N–H and O–H groups in total. The van der Waals surface area contributed by atoms with E-state index in [0.717, 1.165) is 17.8 Å². The van der Waals surface area contributed by atoms with Gasteiger partial charge in [-0.25, -0.2) is 9.78 Å². The molecule has 2 fully saturated rings. The number of hydrogen-bond donors (Lipinski definition) is 2. The maximum Gasteiger partial charge on any atom is 0.433 e. The van der Waals surface area contributed by atoms with Crippen molar-refractivity contribution in [3.63, 3.8) is 0 Å². The molecule has 0 radical (unpaired) electrons. The summed E-state index contributed by atoms with van der Waals surface area (Å²) in [7, 11) is 0. The van der Waals surface area contributed by atoms with Crippen molar-refractivity contribution in [2.45, 2.75) is 69.4 Å². The number of anilines is 2. The molecule has 1 atom stereocenters. The van der Waals surface area contributed by atoms with Gasteiger partial charge in [0.05, 0.1) is 23.6 Å². The lowest BCUT2D eigenvalue weighted by molar-refractivity contribution is -0.141. The van der Waals surface area contributed by atoms with Crippen LogP contribution in [0.5, 0.6) is 0 Å². The quantitative estimate of drug-likeness (QED) is 0.657. The summed E-state index contributed by atoms with van der Waals surface area (Å²) in [5, 5.41) is 3.14. The lowest BCUT2D eigenvalue weighted by atomic mass is 9.86. The van der Waals surface area contributed by atoms with Crippen molar-refractivity contribution in [3.05, 3.63) is 53.9 Å². The summed E-state index contributed by atoms with van der Waals surface area (Å²) in [6, 6.07) is 10.5. The number of rotatable bonds is 4. The summed E-state index contributed by atoms with van der Waals surface area (Å²) in [6.07, 6.45) is -1.01. The zero-order valence-electron chi connectivity index (χ0n) is 18.0. The smallest absolute Gasteiger partial charge is 0.433 e. The van der Waals surface area contributed by atoms with Gasteiger partial charge in [-0.1, -0.05) is 30.3 Å². The van der Waals surface area contributed by atoms with Gasteiger partial charge >= 0.3 is 12.3 Å². The molecule has 9 heteroatoms. The second-order valence-corrected chi connectivity index (χ2v) is 9.00.